The first-order valence-electron chi connectivity index (χ1n) is 5.61. The molecular formula is C13H20BrClS. The maximum atomic E-state index is 6.10. The van der Waals surface area contributed by atoms with Crippen LogP contribution in [0.4, 0.5) is 0 Å². The number of aryl methyl sites for hydroxylation is 1. The second-order valence-corrected chi connectivity index (χ2v) is 8.37. The summed E-state index contributed by atoms with van der Waals surface area (Å²) in [4.78, 5) is 1.77. The van der Waals surface area contributed by atoms with Gasteiger partial charge in [0.2, 0.25) is 0 Å². The van der Waals surface area contributed by atoms with Gasteiger partial charge >= 0.3 is 0 Å². The van der Waals surface area contributed by atoms with Crippen LogP contribution in [0.1, 0.15) is 49.4 Å². The van der Waals surface area contributed by atoms with E-state index in [2.05, 4.69) is 56.6 Å². The highest BCUT2D eigenvalue weighted by molar-refractivity contribution is 9.09. The first-order chi connectivity index (χ1) is 7.21. The van der Waals surface area contributed by atoms with Crippen LogP contribution in [0, 0.1) is 18.3 Å². The largest absolute Gasteiger partial charge is 0.127 e. The number of thiophene rings is 1. The molecule has 0 bridgehead atoms. The van der Waals surface area contributed by atoms with Gasteiger partial charge in [0.05, 0.1) is 4.34 Å². The molecule has 16 heavy (non-hydrogen) atoms. The molecule has 0 aromatic carbocycles. The summed E-state index contributed by atoms with van der Waals surface area (Å²) in [6.45, 7) is 11.3. The highest BCUT2D eigenvalue weighted by Crippen LogP contribution is 2.41. The number of alkyl halides is 1. The molecule has 1 heterocycles. The second kappa shape index (κ2) is 5.41. The Kier molecular flexibility index (Phi) is 4.91. The Morgan fingerprint density at radius 3 is 2.38 bits per heavy atom. The molecular weight excluding hydrogens is 304 g/mol. The Hall–Kier alpha value is 0.470. The van der Waals surface area contributed by atoms with Crippen LogP contribution in [-0.2, 0) is 0 Å². The predicted molar refractivity (Wildman–Crippen MR) is 79.0 cm³/mol. The van der Waals surface area contributed by atoms with Gasteiger partial charge in [-0.15, -0.1) is 11.3 Å². The Morgan fingerprint density at radius 2 is 2.00 bits per heavy atom. The van der Waals surface area contributed by atoms with Gasteiger partial charge in [0, 0.05) is 9.70 Å². The van der Waals surface area contributed by atoms with Crippen LogP contribution >= 0.6 is 38.9 Å². The van der Waals surface area contributed by atoms with E-state index in [0.29, 0.717) is 16.2 Å². The number of halogens is 2. The van der Waals surface area contributed by atoms with Crippen molar-refractivity contribution in [1.82, 2.24) is 0 Å². The molecule has 0 aliphatic heterocycles. The van der Waals surface area contributed by atoms with Crippen molar-refractivity contribution in [2.24, 2.45) is 11.3 Å². The molecule has 0 saturated heterocycles. The van der Waals surface area contributed by atoms with E-state index in [1.54, 1.807) is 11.3 Å². The Bertz CT molecular complexity index is 332. The van der Waals surface area contributed by atoms with E-state index in [1.807, 2.05) is 0 Å². The molecule has 0 saturated carbocycles. The lowest BCUT2D eigenvalue weighted by atomic mass is 9.79. The summed E-state index contributed by atoms with van der Waals surface area (Å²) >= 11 is 11.6. The van der Waals surface area contributed by atoms with Gasteiger partial charge in [-0.1, -0.05) is 55.2 Å². The summed E-state index contributed by atoms with van der Waals surface area (Å²) in [5.41, 5.74) is 1.55. The monoisotopic (exact) mass is 322 g/mol. The van der Waals surface area contributed by atoms with Gasteiger partial charge in [-0.25, -0.2) is 0 Å². The van der Waals surface area contributed by atoms with Crippen molar-refractivity contribution in [3.63, 3.8) is 0 Å². The predicted octanol–water partition coefficient (Wildman–Crippen LogP) is 6.22. The topological polar surface area (TPSA) is 0 Å². The maximum Gasteiger partial charge on any atom is 0.0960 e. The van der Waals surface area contributed by atoms with Crippen molar-refractivity contribution in [2.45, 2.75) is 45.9 Å². The summed E-state index contributed by atoms with van der Waals surface area (Å²) in [5, 5.41) is 0. The molecule has 2 unspecified atom stereocenters. The third kappa shape index (κ3) is 3.75. The molecule has 3 heteroatoms. The first kappa shape index (κ1) is 14.5. The maximum absolute atomic E-state index is 6.10. The van der Waals surface area contributed by atoms with Gasteiger partial charge in [-0.2, -0.15) is 0 Å². The van der Waals surface area contributed by atoms with Gasteiger partial charge in [0.25, 0.3) is 0 Å². The molecule has 1 rings (SSSR count). The highest BCUT2D eigenvalue weighted by Gasteiger charge is 2.24. The first-order valence-corrected chi connectivity index (χ1v) is 7.72. The van der Waals surface area contributed by atoms with Gasteiger partial charge < -0.3 is 0 Å². The van der Waals surface area contributed by atoms with E-state index < -0.39 is 0 Å². The van der Waals surface area contributed by atoms with Crippen molar-refractivity contribution in [2.75, 3.05) is 0 Å². The fourth-order valence-electron chi connectivity index (χ4n) is 1.42. The average Bonchev–Trinajstić information content (AvgIpc) is 2.45. The highest BCUT2D eigenvalue weighted by atomic mass is 79.9. The smallest absolute Gasteiger partial charge is 0.0960 e. The third-order valence-corrected chi connectivity index (χ3v) is 6.06. The Morgan fingerprint density at radius 1 is 1.44 bits per heavy atom. The lowest BCUT2D eigenvalue weighted by Crippen LogP contribution is -2.18. The molecule has 0 fully saturated rings. The minimum Gasteiger partial charge on any atom is -0.127 e. The lowest BCUT2D eigenvalue weighted by Gasteiger charge is -2.28. The van der Waals surface area contributed by atoms with Crippen LogP contribution in [0.2, 0.25) is 4.34 Å². The van der Waals surface area contributed by atoms with E-state index in [1.165, 1.54) is 10.4 Å². The fraction of sp³-hybridized carbons (Fsp3) is 0.692. The molecule has 0 spiro atoms. The molecule has 92 valence electrons. The molecule has 1 aromatic rings. The summed E-state index contributed by atoms with van der Waals surface area (Å²) < 4.78 is 0.919. The zero-order valence-corrected chi connectivity index (χ0v) is 13.8. The van der Waals surface area contributed by atoms with E-state index in [4.69, 9.17) is 11.6 Å². The van der Waals surface area contributed by atoms with E-state index >= 15 is 0 Å². The van der Waals surface area contributed by atoms with Gasteiger partial charge in [0.1, 0.15) is 0 Å². The molecule has 2 atom stereocenters. The molecule has 0 N–H and O–H groups in total. The molecule has 0 radical (unpaired) electrons. The van der Waals surface area contributed by atoms with E-state index in [9.17, 15) is 0 Å². The standard InChI is InChI=1S/C13H20BrClS/c1-8-6-11(16-12(8)15)10(14)7-9(2)13(3,4)5/h6,9-10H,7H2,1-5H3. The average molecular weight is 324 g/mol. The van der Waals surface area contributed by atoms with Crippen LogP contribution in [0.5, 0.6) is 0 Å². The van der Waals surface area contributed by atoms with Crippen LogP contribution in [0.25, 0.3) is 0 Å². The SMILES string of the molecule is Cc1cc(C(Br)CC(C)C(C)(C)C)sc1Cl. The number of hydrogen-bond acceptors (Lipinski definition) is 1. The van der Waals surface area contributed by atoms with Gasteiger partial charge in [-0.3, -0.25) is 0 Å². The zero-order valence-electron chi connectivity index (χ0n) is 10.6. The summed E-state index contributed by atoms with van der Waals surface area (Å²) in [6.07, 6.45) is 1.15. The number of rotatable bonds is 3. The van der Waals surface area contributed by atoms with Crippen LogP contribution in [0.15, 0.2) is 6.07 Å². The lowest BCUT2D eigenvalue weighted by molar-refractivity contribution is 0.247. The van der Waals surface area contributed by atoms with E-state index in [0.717, 1.165) is 10.8 Å². The quantitative estimate of drug-likeness (QED) is 0.579. The van der Waals surface area contributed by atoms with Gasteiger partial charge in [-0.05, 0) is 36.3 Å². The second-order valence-electron chi connectivity index (χ2n) is 5.58. The van der Waals surface area contributed by atoms with Crippen LogP contribution in [-0.4, -0.2) is 0 Å². The summed E-state index contributed by atoms with van der Waals surface area (Å²) in [7, 11) is 0. The van der Waals surface area contributed by atoms with Crippen molar-refractivity contribution in [3.8, 4) is 0 Å². The van der Waals surface area contributed by atoms with Crippen molar-refractivity contribution < 1.29 is 0 Å². The minimum absolute atomic E-state index is 0.363. The normalized spacial score (nSPS) is 16.2. The molecule has 0 aliphatic carbocycles. The van der Waals surface area contributed by atoms with Crippen molar-refractivity contribution in [1.29, 1.82) is 0 Å². The number of hydrogen-bond donors (Lipinski definition) is 0. The van der Waals surface area contributed by atoms with Crippen molar-refractivity contribution >= 4 is 38.9 Å². The van der Waals surface area contributed by atoms with Gasteiger partial charge in [0.15, 0.2) is 0 Å². The Labute approximate surface area is 117 Å². The van der Waals surface area contributed by atoms with Crippen LogP contribution in [0.3, 0.4) is 0 Å². The fourth-order valence-corrected chi connectivity index (χ4v) is 3.60. The zero-order chi connectivity index (χ0) is 12.5. The molecule has 0 amide bonds. The Balaban J connectivity index is 2.69. The van der Waals surface area contributed by atoms with E-state index in [-0.39, 0.29) is 0 Å². The molecule has 0 nitrogen and oxygen atoms in total. The summed E-state index contributed by atoms with van der Waals surface area (Å²) in [6, 6.07) is 2.20. The molecule has 1 aromatic heterocycles. The summed E-state index contributed by atoms with van der Waals surface area (Å²) in [5.74, 6) is 0.679. The van der Waals surface area contributed by atoms with Crippen LogP contribution < -0.4 is 0 Å². The molecule has 0 aliphatic rings. The third-order valence-electron chi connectivity index (χ3n) is 3.22. The van der Waals surface area contributed by atoms with Crippen molar-refractivity contribution in [3.05, 3.63) is 20.8 Å². The minimum atomic E-state index is 0.363.